The fourth-order valence-corrected chi connectivity index (χ4v) is 4.43. The van der Waals surface area contributed by atoms with Crippen LogP contribution in [-0.4, -0.2) is 17.5 Å². The number of nitrogens with one attached hydrogen (secondary N) is 1. The average molecular weight is 276 g/mol. The van der Waals surface area contributed by atoms with Crippen molar-refractivity contribution in [1.82, 2.24) is 5.32 Å². The number of benzene rings is 1. The molecular weight excluding hydrogens is 252 g/mol. The number of thioether (sulfide) groups is 1. The van der Waals surface area contributed by atoms with Crippen LogP contribution in [0.1, 0.15) is 49.3 Å². The van der Waals surface area contributed by atoms with Crippen LogP contribution in [0.3, 0.4) is 0 Å². The van der Waals surface area contributed by atoms with Gasteiger partial charge >= 0.3 is 0 Å². The molecule has 3 N–H and O–H groups in total. The zero-order valence-electron chi connectivity index (χ0n) is 11.7. The Kier molecular flexibility index (Phi) is 4.04. The van der Waals surface area contributed by atoms with Gasteiger partial charge in [-0.1, -0.05) is 12.5 Å². The molecule has 3 rings (SSSR count). The third kappa shape index (κ3) is 2.92. The minimum absolute atomic E-state index is 0.557. The van der Waals surface area contributed by atoms with Crippen LogP contribution in [-0.2, 0) is 6.42 Å². The van der Waals surface area contributed by atoms with Crippen LogP contribution in [0.25, 0.3) is 0 Å². The molecule has 0 spiro atoms. The van der Waals surface area contributed by atoms with E-state index in [-0.39, 0.29) is 0 Å². The molecule has 3 unspecified atom stereocenters. The number of anilines is 1. The summed E-state index contributed by atoms with van der Waals surface area (Å²) in [4.78, 5) is 0. The summed E-state index contributed by atoms with van der Waals surface area (Å²) < 4.78 is 0. The van der Waals surface area contributed by atoms with Gasteiger partial charge in [-0.25, -0.2) is 0 Å². The smallest absolute Gasteiger partial charge is 0.0328 e. The van der Waals surface area contributed by atoms with E-state index >= 15 is 0 Å². The first kappa shape index (κ1) is 13.3. The number of aryl methyl sites for hydroxylation is 1. The highest BCUT2D eigenvalue weighted by Gasteiger charge is 2.27. The van der Waals surface area contributed by atoms with Crippen molar-refractivity contribution in [3.8, 4) is 0 Å². The first-order valence-corrected chi connectivity index (χ1v) is 8.72. The molecule has 0 aliphatic heterocycles. The van der Waals surface area contributed by atoms with Gasteiger partial charge in [0.05, 0.1) is 0 Å². The predicted molar refractivity (Wildman–Crippen MR) is 84.6 cm³/mol. The maximum absolute atomic E-state index is 5.87. The lowest BCUT2D eigenvalue weighted by Crippen LogP contribution is -2.36. The van der Waals surface area contributed by atoms with Crippen LogP contribution in [0.5, 0.6) is 0 Å². The maximum atomic E-state index is 5.87. The van der Waals surface area contributed by atoms with E-state index in [2.05, 4.69) is 23.7 Å². The predicted octanol–water partition coefficient (Wildman–Crippen LogP) is 3.52. The largest absolute Gasteiger partial charge is 0.399 e. The Labute approximate surface area is 120 Å². The van der Waals surface area contributed by atoms with Crippen LogP contribution in [0, 0.1) is 0 Å². The van der Waals surface area contributed by atoms with Crippen LogP contribution in [0.2, 0.25) is 0 Å². The van der Waals surface area contributed by atoms with Crippen LogP contribution in [0.4, 0.5) is 5.69 Å². The standard InChI is InChI=1S/C16H24N2S/c1-19-14-4-2-3-13(10-14)18-16-8-5-11-9-12(17)6-7-15(11)16/h6-7,9,13-14,16,18H,2-5,8,10,17H2,1H3. The molecule has 2 aliphatic rings. The number of hydrogen-bond acceptors (Lipinski definition) is 3. The second-order valence-corrected chi connectivity index (χ2v) is 7.08. The fourth-order valence-electron chi connectivity index (χ4n) is 3.61. The Morgan fingerprint density at radius 2 is 2.16 bits per heavy atom. The second-order valence-electron chi connectivity index (χ2n) is 5.94. The molecule has 0 aromatic heterocycles. The monoisotopic (exact) mass is 276 g/mol. The number of nitrogens with two attached hydrogens (primary N) is 1. The van der Waals surface area contributed by atoms with Gasteiger partial charge in [0, 0.05) is 23.0 Å². The number of nitrogen functional groups attached to an aromatic ring is 1. The molecular formula is C16H24N2S. The minimum atomic E-state index is 0.557. The van der Waals surface area contributed by atoms with Crippen LogP contribution >= 0.6 is 11.8 Å². The van der Waals surface area contributed by atoms with Gasteiger partial charge in [-0.2, -0.15) is 11.8 Å². The van der Waals surface area contributed by atoms with Crippen molar-refractivity contribution >= 4 is 17.4 Å². The van der Waals surface area contributed by atoms with Gasteiger partial charge in [0.25, 0.3) is 0 Å². The molecule has 104 valence electrons. The van der Waals surface area contributed by atoms with Crippen molar-refractivity contribution in [2.45, 2.75) is 55.9 Å². The third-order valence-corrected chi connectivity index (χ3v) is 5.74. The number of rotatable bonds is 3. The number of hydrogen-bond donors (Lipinski definition) is 2. The van der Waals surface area contributed by atoms with Crippen molar-refractivity contribution in [3.05, 3.63) is 29.3 Å². The molecule has 1 saturated carbocycles. The molecule has 3 atom stereocenters. The third-order valence-electron chi connectivity index (χ3n) is 4.64. The van der Waals surface area contributed by atoms with E-state index in [4.69, 9.17) is 5.73 Å². The van der Waals surface area contributed by atoms with Crippen molar-refractivity contribution in [3.63, 3.8) is 0 Å². The first-order valence-electron chi connectivity index (χ1n) is 7.43. The van der Waals surface area contributed by atoms with Gasteiger partial charge in [0.15, 0.2) is 0 Å². The van der Waals surface area contributed by atoms with Crippen molar-refractivity contribution in [2.75, 3.05) is 12.0 Å². The molecule has 0 bridgehead atoms. The van der Waals surface area contributed by atoms with E-state index in [1.54, 1.807) is 0 Å². The lowest BCUT2D eigenvalue weighted by atomic mass is 9.93. The van der Waals surface area contributed by atoms with E-state index in [1.807, 2.05) is 17.8 Å². The van der Waals surface area contributed by atoms with Gasteiger partial charge in [0.2, 0.25) is 0 Å². The average Bonchev–Trinajstić information content (AvgIpc) is 2.81. The molecule has 2 nitrogen and oxygen atoms in total. The number of fused-ring (bicyclic) bond motifs is 1. The van der Waals surface area contributed by atoms with Crippen molar-refractivity contribution in [1.29, 1.82) is 0 Å². The highest BCUT2D eigenvalue weighted by Crippen LogP contribution is 2.35. The van der Waals surface area contributed by atoms with E-state index < -0.39 is 0 Å². The van der Waals surface area contributed by atoms with Crippen LogP contribution < -0.4 is 11.1 Å². The highest BCUT2D eigenvalue weighted by molar-refractivity contribution is 7.99. The van der Waals surface area contributed by atoms with Gasteiger partial charge in [-0.15, -0.1) is 0 Å². The van der Waals surface area contributed by atoms with Crippen molar-refractivity contribution < 1.29 is 0 Å². The lowest BCUT2D eigenvalue weighted by Gasteiger charge is -2.31. The molecule has 19 heavy (non-hydrogen) atoms. The summed E-state index contributed by atoms with van der Waals surface area (Å²) in [6.45, 7) is 0. The Bertz CT molecular complexity index is 446. The summed E-state index contributed by atoms with van der Waals surface area (Å²) in [6, 6.07) is 7.69. The van der Waals surface area contributed by atoms with E-state index in [0.29, 0.717) is 12.1 Å². The first-order chi connectivity index (χ1) is 9.26. The summed E-state index contributed by atoms with van der Waals surface area (Å²) in [5, 5.41) is 4.76. The fraction of sp³-hybridized carbons (Fsp3) is 0.625. The summed E-state index contributed by atoms with van der Waals surface area (Å²) in [7, 11) is 0. The molecule has 0 radical (unpaired) electrons. The molecule has 3 heteroatoms. The molecule has 1 fully saturated rings. The summed E-state index contributed by atoms with van der Waals surface area (Å²) >= 11 is 2.04. The maximum Gasteiger partial charge on any atom is 0.0328 e. The SMILES string of the molecule is CSC1CCCC(NC2CCc3cc(N)ccc32)C1. The Balaban J connectivity index is 1.66. The minimum Gasteiger partial charge on any atom is -0.399 e. The van der Waals surface area contributed by atoms with Gasteiger partial charge in [-0.3, -0.25) is 0 Å². The molecule has 0 saturated heterocycles. The Morgan fingerprint density at radius 1 is 1.26 bits per heavy atom. The van der Waals surface area contributed by atoms with Crippen LogP contribution in [0.15, 0.2) is 18.2 Å². The van der Waals surface area contributed by atoms with E-state index in [1.165, 1.54) is 49.7 Å². The molecule has 2 aliphatic carbocycles. The highest BCUT2D eigenvalue weighted by atomic mass is 32.2. The lowest BCUT2D eigenvalue weighted by molar-refractivity contribution is 0.343. The quantitative estimate of drug-likeness (QED) is 0.830. The molecule has 0 amide bonds. The summed E-state index contributed by atoms with van der Waals surface area (Å²) in [5.74, 6) is 0. The summed E-state index contributed by atoms with van der Waals surface area (Å²) in [5.41, 5.74) is 9.72. The Hall–Kier alpha value is -0.670. The second kappa shape index (κ2) is 5.76. The van der Waals surface area contributed by atoms with Gasteiger partial charge < -0.3 is 11.1 Å². The topological polar surface area (TPSA) is 38.0 Å². The summed E-state index contributed by atoms with van der Waals surface area (Å²) in [6.07, 6.45) is 10.1. The van der Waals surface area contributed by atoms with Crippen molar-refractivity contribution in [2.24, 2.45) is 0 Å². The molecule has 1 aromatic rings. The zero-order chi connectivity index (χ0) is 13.2. The van der Waals surface area contributed by atoms with Gasteiger partial charge in [0.1, 0.15) is 0 Å². The molecule has 0 heterocycles. The van der Waals surface area contributed by atoms with E-state index in [0.717, 1.165) is 10.9 Å². The van der Waals surface area contributed by atoms with E-state index in [9.17, 15) is 0 Å². The Morgan fingerprint density at radius 3 is 3.00 bits per heavy atom. The van der Waals surface area contributed by atoms with Gasteiger partial charge in [-0.05, 0) is 61.6 Å². The molecule has 1 aromatic carbocycles. The normalized spacial score (nSPS) is 30.3. The zero-order valence-corrected chi connectivity index (χ0v) is 12.5.